The second kappa shape index (κ2) is 4.78. The minimum atomic E-state index is -0.589. The average Bonchev–Trinajstić information content (AvgIpc) is 2.55. The average molecular weight is 224 g/mol. The quantitative estimate of drug-likeness (QED) is 0.787. The Morgan fingerprint density at radius 3 is 2.50 bits per heavy atom. The lowest BCUT2D eigenvalue weighted by molar-refractivity contribution is -0.115. The Bertz CT molecular complexity index is 423. The van der Waals surface area contributed by atoms with Gasteiger partial charge in [0.2, 0.25) is 5.91 Å². The van der Waals surface area contributed by atoms with Crippen LogP contribution in [0.15, 0.2) is 0 Å². The van der Waals surface area contributed by atoms with Crippen molar-refractivity contribution < 1.29 is 9.59 Å². The van der Waals surface area contributed by atoms with Crippen LogP contribution in [0.1, 0.15) is 36.5 Å². The fourth-order valence-electron chi connectivity index (χ4n) is 1.44. The smallest absolute Gasteiger partial charge is 0.269 e. The number of nitrogens with one attached hydrogen (secondary N) is 1. The molecule has 16 heavy (non-hydrogen) atoms. The number of nitrogens with two attached hydrogens (primary N) is 1. The summed E-state index contributed by atoms with van der Waals surface area (Å²) < 4.78 is 1.49. The van der Waals surface area contributed by atoms with Crippen LogP contribution in [0.25, 0.3) is 0 Å². The standard InChI is InChI=1S/C10H16N4O2/c1-4-7(15)12-8-6(3)13-14(5-2)9(8)10(11)16/h4-5H2,1-3H3,(H2,11,16)(H,12,15). The Morgan fingerprint density at radius 2 is 2.06 bits per heavy atom. The summed E-state index contributed by atoms with van der Waals surface area (Å²) in [4.78, 5) is 22.6. The molecule has 88 valence electrons. The molecule has 0 atom stereocenters. The second-order valence-corrected chi connectivity index (χ2v) is 3.39. The summed E-state index contributed by atoms with van der Waals surface area (Å²) in [5.41, 5.74) is 6.53. The highest BCUT2D eigenvalue weighted by atomic mass is 16.2. The van der Waals surface area contributed by atoms with Crippen molar-refractivity contribution in [1.29, 1.82) is 0 Å². The van der Waals surface area contributed by atoms with Gasteiger partial charge < -0.3 is 11.1 Å². The van der Waals surface area contributed by atoms with Gasteiger partial charge in [-0.25, -0.2) is 0 Å². The van der Waals surface area contributed by atoms with Gasteiger partial charge in [0.05, 0.1) is 11.4 Å². The first-order valence-corrected chi connectivity index (χ1v) is 5.18. The van der Waals surface area contributed by atoms with E-state index in [1.165, 1.54) is 4.68 Å². The molecule has 0 bridgehead atoms. The van der Waals surface area contributed by atoms with Crippen LogP contribution in [-0.4, -0.2) is 21.6 Å². The molecule has 0 radical (unpaired) electrons. The van der Waals surface area contributed by atoms with Crippen molar-refractivity contribution in [1.82, 2.24) is 9.78 Å². The Kier molecular flexibility index (Phi) is 3.65. The van der Waals surface area contributed by atoms with Crippen LogP contribution in [0, 0.1) is 6.92 Å². The highest BCUT2D eigenvalue weighted by molar-refractivity contribution is 6.02. The molecule has 0 unspecified atom stereocenters. The van der Waals surface area contributed by atoms with Crippen molar-refractivity contribution in [3.8, 4) is 0 Å². The van der Waals surface area contributed by atoms with Gasteiger partial charge in [0.15, 0.2) is 0 Å². The van der Waals surface area contributed by atoms with Gasteiger partial charge in [0, 0.05) is 13.0 Å². The fourth-order valence-corrected chi connectivity index (χ4v) is 1.44. The Hall–Kier alpha value is -1.85. The van der Waals surface area contributed by atoms with Crippen LogP contribution in [0.2, 0.25) is 0 Å². The summed E-state index contributed by atoms with van der Waals surface area (Å²) in [6, 6.07) is 0. The van der Waals surface area contributed by atoms with Crippen LogP contribution >= 0.6 is 0 Å². The lowest BCUT2D eigenvalue weighted by Crippen LogP contribution is -2.20. The predicted octanol–water partition coefficient (Wildman–Crippen LogP) is 0.659. The number of carbonyl (C=O) groups excluding carboxylic acids is 2. The SMILES string of the molecule is CCC(=O)Nc1c(C)nn(CC)c1C(N)=O. The largest absolute Gasteiger partial charge is 0.364 e. The fraction of sp³-hybridized carbons (Fsp3) is 0.500. The van der Waals surface area contributed by atoms with Crippen molar-refractivity contribution in [2.45, 2.75) is 33.7 Å². The first-order valence-electron chi connectivity index (χ1n) is 5.18. The summed E-state index contributed by atoms with van der Waals surface area (Å²) >= 11 is 0. The topological polar surface area (TPSA) is 90.0 Å². The lowest BCUT2D eigenvalue weighted by Gasteiger charge is -2.05. The van der Waals surface area contributed by atoms with Crippen LogP contribution in [0.4, 0.5) is 5.69 Å². The molecule has 0 aliphatic carbocycles. The van der Waals surface area contributed by atoms with Gasteiger partial charge in [0.25, 0.3) is 5.91 Å². The number of primary amides is 1. The summed E-state index contributed by atoms with van der Waals surface area (Å²) in [6.45, 7) is 5.84. The van der Waals surface area contributed by atoms with E-state index in [-0.39, 0.29) is 11.6 Å². The molecular weight excluding hydrogens is 208 g/mol. The van der Waals surface area contributed by atoms with E-state index in [1.54, 1.807) is 13.8 Å². The summed E-state index contributed by atoms with van der Waals surface area (Å²) in [7, 11) is 0. The van der Waals surface area contributed by atoms with E-state index in [0.29, 0.717) is 24.3 Å². The zero-order valence-corrected chi connectivity index (χ0v) is 9.70. The van der Waals surface area contributed by atoms with Crippen LogP contribution in [0.5, 0.6) is 0 Å². The van der Waals surface area contributed by atoms with Crippen LogP contribution < -0.4 is 11.1 Å². The normalized spacial score (nSPS) is 10.2. The van der Waals surface area contributed by atoms with E-state index >= 15 is 0 Å². The van der Waals surface area contributed by atoms with Crippen molar-refractivity contribution >= 4 is 17.5 Å². The minimum absolute atomic E-state index is 0.166. The maximum Gasteiger partial charge on any atom is 0.269 e. The zero-order chi connectivity index (χ0) is 12.3. The first-order chi connectivity index (χ1) is 7.51. The summed E-state index contributed by atoms with van der Waals surface area (Å²) in [6.07, 6.45) is 0.342. The van der Waals surface area contributed by atoms with Gasteiger partial charge in [-0.05, 0) is 13.8 Å². The van der Waals surface area contributed by atoms with E-state index in [2.05, 4.69) is 10.4 Å². The number of aryl methyl sites for hydroxylation is 2. The molecule has 0 aliphatic rings. The number of rotatable bonds is 4. The molecule has 1 aromatic heterocycles. The molecule has 0 saturated carbocycles. The molecule has 2 amide bonds. The maximum atomic E-state index is 11.3. The Morgan fingerprint density at radius 1 is 1.44 bits per heavy atom. The third-order valence-corrected chi connectivity index (χ3v) is 2.25. The Balaban J connectivity index is 3.20. The molecule has 3 N–H and O–H groups in total. The highest BCUT2D eigenvalue weighted by Crippen LogP contribution is 2.20. The maximum absolute atomic E-state index is 11.3. The van der Waals surface area contributed by atoms with E-state index in [4.69, 9.17) is 5.73 Å². The Labute approximate surface area is 93.8 Å². The number of anilines is 1. The molecule has 0 saturated heterocycles. The number of nitrogens with zero attached hydrogens (tertiary/aromatic N) is 2. The molecule has 6 heteroatoms. The van der Waals surface area contributed by atoms with Crippen LogP contribution in [0.3, 0.4) is 0 Å². The van der Waals surface area contributed by atoms with E-state index < -0.39 is 5.91 Å². The van der Waals surface area contributed by atoms with Crippen LogP contribution in [-0.2, 0) is 11.3 Å². The number of hydrogen-bond acceptors (Lipinski definition) is 3. The molecular formula is C10H16N4O2. The monoisotopic (exact) mass is 224 g/mol. The van der Waals surface area contributed by atoms with Crippen molar-refractivity contribution in [2.75, 3.05) is 5.32 Å². The zero-order valence-electron chi connectivity index (χ0n) is 9.70. The number of hydrogen-bond donors (Lipinski definition) is 2. The summed E-state index contributed by atoms with van der Waals surface area (Å²) in [5.74, 6) is -0.755. The van der Waals surface area contributed by atoms with Gasteiger partial charge >= 0.3 is 0 Å². The van der Waals surface area contributed by atoms with Gasteiger partial charge in [-0.3, -0.25) is 14.3 Å². The second-order valence-electron chi connectivity index (χ2n) is 3.39. The van der Waals surface area contributed by atoms with E-state index in [1.807, 2.05) is 6.92 Å². The predicted molar refractivity (Wildman–Crippen MR) is 60.1 cm³/mol. The molecule has 0 aromatic carbocycles. The molecule has 0 spiro atoms. The third kappa shape index (κ3) is 2.21. The van der Waals surface area contributed by atoms with Gasteiger partial charge in [-0.15, -0.1) is 0 Å². The molecule has 6 nitrogen and oxygen atoms in total. The van der Waals surface area contributed by atoms with Crippen molar-refractivity contribution in [2.24, 2.45) is 5.73 Å². The van der Waals surface area contributed by atoms with E-state index in [0.717, 1.165) is 0 Å². The van der Waals surface area contributed by atoms with Crippen molar-refractivity contribution in [3.05, 3.63) is 11.4 Å². The van der Waals surface area contributed by atoms with Gasteiger partial charge in [-0.1, -0.05) is 6.92 Å². The molecule has 0 fully saturated rings. The molecule has 1 aromatic rings. The first kappa shape index (κ1) is 12.2. The number of carbonyl (C=O) groups is 2. The number of aromatic nitrogens is 2. The summed E-state index contributed by atoms with van der Waals surface area (Å²) in [5, 5.41) is 6.78. The molecule has 1 heterocycles. The van der Waals surface area contributed by atoms with Gasteiger partial charge in [-0.2, -0.15) is 5.10 Å². The molecule has 1 rings (SSSR count). The van der Waals surface area contributed by atoms with Crippen molar-refractivity contribution in [3.63, 3.8) is 0 Å². The number of amides is 2. The molecule has 0 aliphatic heterocycles. The lowest BCUT2D eigenvalue weighted by atomic mass is 10.2. The van der Waals surface area contributed by atoms with E-state index in [9.17, 15) is 9.59 Å². The highest BCUT2D eigenvalue weighted by Gasteiger charge is 2.19. The van der Waals surface area contributed by atoms with Gasteiger partial charge in [0.1, 0.15) is 5.69 Å². The third-order valence-electron chi connectivity index (χ3n) is 2.25. The minimum Gasteiger partial charge on any atom is -0.364 e.